The lowest BCUT2D eigenvalue weighted by atomic mass is 10.0. The van der Waals surface area contributed by atoms with Crippen molar-refractivity contribution in [2.45, 2.75) is 103 Å². The number of ether oxygens (including phenoxy) is 1. The van der Waals surface area contributed by atoms with Crippen LogP contribution in [0.4, 0.5) is 4.79 Å². The Morgan fingerprint density at radius 2 is 1.83 bits per heavy atom. The molecule has 7 heteroatoms. The molecule has 0 bridgehead atoms. The molecule has 0 radical (unpaired) electrons. The molecule has 7 nitrogen and oxygen atoms in total. The first-order valence-electron chi connectivity index (χ1n) is 11.2. The van der Waals surface area contributed by atoms with Crippen molar-refractivity contribution in [2.75, 3.05) is 6.54 Å². The Bertz CT molecular complexity index is 590. The SMILES string of the molecule is CCCCCCCCCCC[C@@H](O)CC(=O)NC(=O)/C=C1/OC(=O)N2CCC[C@H]12. The molecule has 0 unspecified atom stereocenters. The van der Waals surface area contributed by atoms with Crippen molar-refractivity contribution in [3.63, 3.8) is 0 Å². The number of aliphatic hydroxyl groups is 1. The Morgan fingerprint density at radius 1 is 1.17 bits per heavy atom. The quantitative estimate of drug-likeness (QED) is 0.357. The van der Waals surface area contributed by atoms with E-state index in [0.29, 0.717) is 18.7 Å². The lowest BCUT2D eigenvalue weighted by Gasteiger charge is -2.10. The molecule has 2 heterocycles. The first-order chi connectivity index (χ1) is 14.0. The molecule has 0 aromatic rings. The maximum Gasteiger partial charge on any atom is 0.415 e. The Morgan fingerprint density at radius 3 is 2.52 bits per heavy atom. The van der Waals surface area contributed by atoms with Crippen LogP contribution in [0.15, 0.2) is 11.8 Å². The molecule has 29 heavy (non-hydrogen) atoms. The van der Waals surface area contributed by atoms with Gasteiger partial charge in [0.1, 0.15) is 5.76 Å². The predicted molar refractivity (Wildman–Crippen MR) is 110 cm³/mol. The van der Waals surface area contributed by atoms with Crippen LogP contribution >= 0.6 is 0 Å². The third kappa shape index (κ3) is 8.17. The number of carbonyl (C=O) groups is 3. The standard InChI is InChI=1S/C22H36N2O5/c1-2-3-4-5-6-7-8-9-10-12-17(25)15-20(26)23-21(27)16-19-18-13-11-14-24(18)22(28)29-19/h16-18,25H,2-15H2,1H3,(H,23,26,27)/b19-16+/t17-,18-/m1/s1. The van der Waals surface area contributed by atoms with Gasteiger partial charge in [-0.15, -0.1) is 0 Å². The van der Waals surface area contributed by atoms with Gasteiger partial charge in [0.15, 0.2) is 0 Å². The fraction of sp³-hybridized carbons (Fsp3) is 0.773. The number of hydrogen-bond donors (Lipinski definition) is 2. The molecule has 0 aliphatic carbocycles. The van der Waals surface area contributed by atoms with Crippen LogP contribution in [-0.4, -0.2) is 46.6 Å². The van der Waals surface area contributed by atoms with Gasteiger partial charge in [0.2, 0.25) is 5.91 Å². The fourth-order valence-electron chi connectivity index (χ4n) is 3.99. The second kappa shape index (κ2) is 12.6. The van der Waals surface area contributed by atoms with Crippen LogP contribution in [0, 0.1) is 0 Å². The van der Waals surface area contributed by atoms with Crippen LogP contribution in [0.5, 0.6) is 0 Å². The van der Waals surface area contributed by atoms with E-state index in [1.807, 2.05) is 0 Å². The van der Waals surface area contributed by atoms with Crippen molar-refractivity contribution in [1.82, 2.24) is 10.2 Å². The summed E-state index contributed by atoms with van der Waals surface area (Å²) in [6, 6.07) is -0.194. The van der Waals surface area contributed by atoms with Gasteiger partial charge in [-0.1, -0.05) is 64.7 Å². The van der Waals surface area contributed by atoms with Crippen molar-refractivity contribution in [3.05, 3.63) is 11.8 Å². The van der Waals surface area contributed by atoms with E-state index in [4.69, 9.17) is 4.74 Å². The van der Waals surface area contributed by atoms with Crippen molar-refractivity contribution in [2.24, 2.45) is 0 Å². The molecular weight excluding hydrogens is 372 g/mol. The number of cyclic esters (lactones) is 1. The highest BCUT2D eigenvalue weighted by Crippen LogP contribution is 2.31. The minimum atomic E-state index is -0.741. The largest absolute Gasteiger partial charge is 0.415 e. The fourth-order valence-corrected chi connectivity index (χ4v) is 3.99. The lowest BCUT2D eigenvalue weighted by molar-refractivity contribution is -0.129. The number of imide groups is 1. The Kier molecular flexibility index (Phi) is 10.2. The first-order valence-corrected chi connectivity index (χ1v) is 11.2. The van der Waals surface area contributed by atoms with E-state index in [2.05, 4.69) is 12.2 Å². The van der Waals surface area contributed by atoms with Crippen molar-refractivity contribution >= 4 is 17.9 Å². The van der Waals surface area contributed by atoms with E-state index < -0.39 is 24.0 Å². The van der Waals surface area contributed by atoms with Gasteiger partial charge in [-0.25, -0.2) is 4.79 Å². The molecule has 2 fully saturated rings. The lowest BCUT2D eigenvalue weighted by Crippen LogP contribution is -2.32. The average molecular weight is 409 g/mol. The van der Waals surface area contributed by atoms with Gasteiger partial charge in [-0.3, -0.25) is 19.8 Å². The molecule has 2 rings (SSSR count). The zero-order valence-corrected chi connectivity index (χ0v) is 17.7. The maximum absolute atomic E-state index is 12.0. The number of carbonyl (C=O) groups excluding carboxylic acids is 3. The molecule has 2 N–H and O–H groups in total. The van der Waals surface area contributed by atoms with Gasteiger partial charge in [-0.05, 0) is 19.3 Å². The van der Waals surface area contributed by atoms with Gasteiger partial charge in [0.25, 0.3) is 5.91 Å². The average Bonchev–Trinajstić information content (AvgIpc) is 3.25. The number of unbranched alkanes of at least 4 members (excludes halogenated alkanes) is 8. The van der Waals surface area contributed by atoms with Gasteiger partial charge < -0.3 is 9.84 Å². The normalized spacial score (nSPS) is 20.6. The summed E-state index contributed by atoms with van der Waals surface area (Å²) in [5.41, 5.74) is 0. The van der Waals surface area contributed by atoms with Crippen LogP contribution < -0.4 is 5.32 Å². The number of nitrogens with zero attached hydrogens (tertiary/aromatic N) is 1. The highest BCUT2D eigenvalue weighted by atomic mass is 16.6. The van der Waals surface area contributed by atoms with E-state index in [1.54, 1.807) is 4.90 Å². The number of nitrogens with one attached hydrogen (secondary N) is 1. The van der Waals surface area contributed by atoms with Crippen LogP contribution in [-0.2, 0) is 14.3 Å². The van der Waals surface area contributed by atoms with Crippen molar-refractivity contribution < 1.29 is 24.2 Å². The number of hydrogen-bond acceptors (Lipinski definition) is 5. The number of fused-ring (bicyclic) bond motifs is 1. The zero-order valence-electron chi connectivity index (χ0n) is 17.7. The van der Waals surface area contributed by atoms with Crippen molar-refractivity contribution in [3.8, 4) is 0 Å². The Labute approximate surface area is 173 Å². The first kappa shape index (κ1) is 23.4. The maximum atomic E-state index is 12.0. The van der Waals surface area contributed by atoms with Crippen LogP contribution in [0.3, 0.4) is 0 Å². The van der Waals surface area contributed by atoms with Gasteiger partial charge in [0.05, 0.1) is 18.6 Å². The highest BCUT2D eigenvalue weighted by Gasteiger charge is 2.41. The van der Waals surface area contributed by atoms with Gasteiger partial charge in [-0.2, -0.15) is 0 Å². The van der Waals surface area contributed by atoms with Gasteiger partial charge in [0, 0.05) is 12.6 Å². The van der Waals surface area contributed by atoms with E-state index in [9.17, 15) is 19.5 Å². The number of rotatable bonds is 13. The summed E-state index contributed by atoms with van der Waals surface area (Å²) in [6.07, 6.45) is 12.9. The third-order valence-corrected chi connectivity index (χ3v) is 5.62. The summed E-state index contributed by atoms with van der Waals surface area (Å²) in [6.45, 7) is 2.85. The van der Waals surface area contributed by atoms with Crippen LogP contribution in [0.25, 0.3) is 0 Å². The Hall–Kier alpha value is -1.89. The number of amides is 3. The van der Waals surface area contributed by atoms with E-state index in [1.165, 1.54) is 44.6 Å². The van der Waals surface area contributed by atoms with E-state index in [-0.39, 0.29) is 12.5 Å². The minimum Gasteiger partial charge on any atom is -0.412 e. The van der Waals surface area contributed by atoms with E-state index >= 15 is 0 Å². The molecule has 2 atom stereocenters. The molecule has 2 aliphatic rings. The smallest absolute Gasteiger partial charge is 0.412 e. The predicted octanol–water partition coefficient (Wildman–Crippen LogP) is 3.80. The van der Waals surface area contributed by atoms with Crippen LogP contribution in [0.2, 0.25) is 0 Å². The zero-order chi connectivity index (χ0) is 21.1. The van der Waals surface area contributed by atoms with Gasteiger partial charge >= 0.3 is 6.09 Å². The minimum absolute atomic E-state index is 0.0960. The molecule has 2 saturated heterocycles. The number of aliphatic hydroxyl groups excluding tert-OH is 1. The molecule has 0 aromatic carbocycles. The summed E-state index contributed by atoms with van der Waals surface area (Å²) in [5, 5.41) is 12.3. The molecular formula is C22H36N2O5. The monoisotopic (exact) mass is 408 g/mol. The topological polar surface area (TPSA) is 95.9 Å². The summed E-state index contributed by atoms with van der Waals surface area (Å²) in [5.74, 6) is -0.822. The molecule has 0 spiro atoms. The van der Waals surface area contributed by atoms with E-state index in [0.717, 1.165) is 32.1 Å². The summed E-state index contributed by atoms with van der Waals surface area (Å²) < 4.78 is 5.10. The summed E-state index contributed by atoms with van der Waals surface area (Å²) in [4.78, 5) is 37.2. The summed E-state index contributed by atoms with van der Waals surface area (Å²) >= 11 is 0. The van der Waals surface area contributed by atoms with Crippen LogP contribution in [0.1, 0.15) is 90.4 Å². The second-order valence-corrected chi connectivity index (χ2v) is 8.15. The molecule has 3 amide bonds. The molecule has 0 aromatic heterocycles. The highest BCUT2D eigenvalue weighted by molar-refractivity contribution is 6.01. The summed E-state index contributed by atoms with van der Waals surface area (Å²) in [7, 11) is 0. The molecule has 164 valence electrons. The Balaban J connectivity index is 1.56. The molecule has 0 saturated carbocycles. The third-order valence-electron chi connectivity index (χ3n) is 5.62. The van der Waals surface area contributed by atoms with Crippen molar-refractivity contribution in [1.29, 1.82) is 0 Å². The second-order valence-electron chi connectivity index (χ2n) is 8.15. The molecule has 2 aliphatic heterocycles.